The molecule has 0 aliphatic carbocycles. The lowest BCUT2D eigenvalue weighted by molar-refractivity contribution is -0.385. The lowest BCUT2D eigenvalue weighted by atomic mass is 10.0. The van der Waals surface area contributed by atoms with Crippen LogP contribution in [-0.2, 0) is 0 Å². The average molecular weight is 318 g/mol. The molecule has 0 saturated carbocycles. The summed E-state index contributed by atoms with van der Waals surface area (Å²) in [7, 11) is 1.40. The average Bonchev–Trinajstić information content (AvgIpc) is 2.49. The smallest absolute Gasteiger partial charge is 0.311 e. The highest BCUT2D eigenvalue weighted by Gasteiger charge is 2.24. The zero-order chi connectivity index (χ0) is 14.5. The highest BCUT2D eigenvalue weighted by molar-refractivity contribution is 5.85. The maximum absolute atomic E-state index is 11.1. The van der Waals surface area contributed by atoms with Gasteiger partial charge in [-0.15, -0.1) is 12.4 Å². The first-order chi connectivity index (χ1) is 9.67. The van der Waals surface area contributed by atoms with Crippen molar-refractivity contribution < 1.29 is 14.8 Å². The predicted molar refractivity (Wildman–Crippen MR) is 81.2 cm³/mol. The number of piperazine rings is 1. The number of nitro benzene ring substituents is 1. The van der Waals surface area contributed by atoms with Gasteiger partial charge in [0.25, 0.3) is 0 Å². The SMILES string of the molecule is COc1ccc([C@H](CO)N2CCNCC2)cc1[N+](=O)[O-].Cl. The molecule has 1 saturated heterocycles. The van der Waals surface area contributed by atoms with Crippen molar-refractivity contribution >= 4 is 18.1 Å². The number of halogens is 1. The molecule has 0 amide bonds. The number of methoxy groups -OCH3 is 1. The molecule has 1 heterocycles. The van der Waals surface area contributed by atoms with E-state index in [1.165, 1.54) is 13.2 Å². The molecule has 0 bridgehead atoms. The van der Waals surface area contributed by atoms with Gasteiger partial charge in [-0.25, -0.2) is 0 Å². The highest BCUT2D eigenvalue weighted by Crippen LogP contribution is 2.31. The quantitative estimate of drug-likeness (QED) is 0.621. The first-order valence-electron chi connectivity index (χ1n) is 6.55. The van der Waals surface area contributed by atoms with Crippen molar-refractivity contribution in [1.82, 2.24) is 10.2 Å². The molecule has 1 atom stereocenters. The van der Waals surface area contributed by atoms with Crippen LogP contribution in [0.3, 0.4) is 0 Å². The van der Waals surface area contributed by atoms with Crippen LogP contribution in [0.15, 0.2) is 18.2 Å². The van der Waals surface area contributed by atoms with Crippen LogP contribution in [0.25, 0.3) is 0 Å². The Balaban J connectivity index is 0.00000220. The Morgan fingerprint density at radius 2 is 2.14 bits per heavy atom. The Kier molecular flexibility index (Phi) is 6.83. The summed E-state index contributed by atoms with van der Waals surface area (Å²) in [6.07, 6.45) is 0. The van der Waals surface area contributed by atoms with E-state index in [1.807, 2.05) is 0 Å². The number of aliphatic hydroxyl groups is 1. The molecule has 0 aromatic heterocycles. The van der Waals surface area contributed by atoms with Crippen LogP contribution in [0.2, 0.25) is 0 Å². The van der Waals surface area contributed by atoms with Gasteiger partial charge in [-0.1, -0.05) is 6.07 Å². The van der Waals surface area contributed by atoms with Crippen LogP contribution < -0.4 is 10.1 Å². The van der Waals surface area contributed by atoms with E-state index in [0.29, 0.717) is 0 Å². The van der Waals surface area contributed by atoms with Gasteiger partial charge in [0.05, 0.1) is 24.7 Å². The number of hydrogen-bond acceptors (Lipinski definition) is 6. The summed E-state index contributed by atoms with van der Waals surface area (Å²) in [6.45, 7) is 3.27. The molecule has 7 nitrogen and oxygen atoms in total. The first-order valence-corrected chi connectivity index (χ1v) is 6.55. The van der Waals surface area contributed by atoms with E-state index >= 15 is 0 Å². The van der Waals surface area contributed by atoms with E-state index in [4.69, 9.17) is 4.74 Å². The fraction of sp³-hybridized carbons (Fsp3) is 0.538. The summed E-state index contributed by atoms with van der Waals surface area (Å²) in [5.41, 5.74) is 0.667. The molecule has 0 unspecified atom stereocenters. The topological polar surface area (TPSA) is 87.9 Å². The normalized spacial score (nSPS) is 16.9. The third-order valence-corrected chi connectivity index (χ3v) is 3.55. The molecule has 118 valence electrons. The minimum absolute atomic E-state index is 0. The Labute approximate surface area is 129 Å². The van der Waals surface area contributed by atoms with Gasteiger partial charge < -0.3 is 15.2 Å². The number of nitrogens with one attached hydrogen (secondary N) is 1. The second-order valence-electron chi connectivity index (χ2n) is 4.67. The van der Waals surface area contributed by atoms with Crippen molar-refractivity contribution in [2.24, 2.45) is 0 Å². The maximum atomic E-state index is 11.1. The van der Waals surface area contributed by atoms with Crippen LogP contribution >= 0.6 is 12.4 Å². The number of rotatable bonds is 5. The summed E-state index contributed by atoms with van der Waals surface area (Å²) in [4.78, 5) is 12.7. The van der Waals surface area contributed by atoms with Crippen molar-refractivity contribution in [2.45, 2.75) is 6.04 Å². The number of ether oxygens (including phenoxy) is 1. The maximum Gasteiger partial charge on any atom is 0.311 e. The fourth-order valence-electron chi connectivity index (χ4n) is 2.48. The van der Waals surface area contributed by atoms with Gasteiger partial charge in [0, 0.05) is 32.2 Å². The molecule has 8 heteroatoms. The summed E-state index contributed by atoms with van der Waals surface area (Å²) in [5, 5.41) is 23.9. The lowest BCUT2D eigenvalue weighted by Crippen LogP contribution is -2.46. The molecule has 1 fully saturated rings. The second-order valence-corrected chi connectivity index (χ2v) is 4.67. The van der Waals surface area contributed by atoms with Gasteiger partial charge in [0.15, 0.2) is 5.75 Å². The van der Waals surface area contributed by atoms with Gasteiger partial charge in [-0.05, 0) is 11.6 Å². The molecule has 21 heavy (non-hydrogen) atoms. The van der Waals surface area contributed by atoms with Gasteiger partial charge in [-0.3, -0.25) is 15.0 Å². The molecule has 0 radical (unpaired) electrons. The highest BCUT2D eigenvalue weighted by atomic mass is 35.5. The van der Waals surface area contributed by atoms with Crippen LogP contribution in [0.5, 0.6) is 5.75 Å². The predicted octanol–water partition coefficient (Wildman–Crippen LogP) is 0.964. The van der Waals surface area contributed by atoms with Crippen LogP contribution in [0.4, 0.5) is 5.69 Å². The van der Waals surface area contributed by atoms with Gasteiger partial charge in [0.2, 0.25) is 0 Å². The Morgan fingerprint density at radius 3 is 2.67 bits per heavy atom. The number of nitro groups is 1. The Hall–Kier alpha value is -1.41. The van der Waals surface area contributed by atoms with Crippen LogP contribution in [0, 0.1) is 10.1 Å². The second kappa shape index (κ2) is 8.14. The fourth-order valence-corrected chi connectivity index (χ4v) is 2.48. The van der Waals surface area contributed by atoms with Gasteiger partial charge in [0.1, 0.15) is 0 Å². The molecule has 1 aliphatic heterocycles. The van der Waals surface area contributed by atoms with E-state index < -0.39 is 4.92 Å². The Morgan fingerprint density at radius 1 is 1.48 bits per heavy atom. The van der Waals surface area contributed by atoms with E-state index in [2.05, 4.69) is 10.2 Å². The van der Waals surface area contributed by atoms with Gasteiger partial charge in [-0.2, -0.15) is 0 Å². The van der Waals surface area contributed by atoms with Crippen molar-refractivity contribution in [1.29, 1.82) is 0 Å². The molecular formula is C13H20ClN3O4. The van der Waals surface area contributed by atoms with E-state index in [9.17, 15) is 15.2 Å². The van der Waals surface area contributed by atoms with Crippen molar-refractivity contribution in [3.8, 4) is 5.75 Å². The molecule has 1 aromatic carbocycles. The first kappa shape index (κ1) is 17.6. The molecule has 1 aromatic rings. The van der Waals surface area contributed by atoms with E-state index in [-0.39, 0.29) is 36.5 Å². The van der Waals surface area contributed by atoms with Crippen LogP contribution in [-0.4, -0.2) is 54.8 Å². The molecule has 2 N–H and O–H groups in total. The van der Waals surface area contributed by atoms with Crippen molar-refractivity contribution in [3.05, 3.63) is 33.9 Å². The summed E-state index contributed by atoms with van der Waals surface area (Å²) >= 11 is 0. The summed E-state index contributed by atoms with van der Waals surface area (Å²) < 4.78 is 4.99. The number of hydrogen-bond donors (Lipinski definition) is 2. The zero-order valence-corrected chi connectivity index (χ0v) is 12.6. The number of aliphatic hydroxyl groups excluding tert-OH is 1. The molecule has 1 aliphatic rings. The third-order valence-electron chi connectivity index (χ3n) is 3.55. The number of nitrogens with zero attached hydrogens (tertiary/aromatic N) is 2. The van der Waals surface area contributed by atoms with Crippen molar-refractivity contribution in [3.63, 3.8) is 0 Å². The number of benzene rings is 1. The molecular weight excluding hydrogens is 298 g/mol. The monoisotopic (exact) mass is 317 g/mol. The van der Waals surface area contributed by atoms with E-state index in [1.54, 1.807) is 12.1 Å². The van der Waals surface area contributed by atoms with E-state index in [0.717, 1.165) is 31.7 Å². The van der Waals surface area contributed by atoms with Crippen LogP contribution in [0.1, 0.15) is 11.6 Å². The molecule has 0 spiro atoms. The minimum Gasteiger partial charge on any atom is -0.490 e. The largest absolute Gasteiger partial charge is 0.490 e. The van der Waals surface area contributed by atoms with Crippen molar-refractivity contribution in [2.75, 3.05) is 39.9 Å². The standard InChI is InChI=1S/C13H19N3O4.ClH/c1-20-13-3-2-10(8-11(13)16(18)19)12(9-17)15-6-4-14-5-7-15;/h2-3,8,12,14,17H,4-7,9H2,1H3;1H/t12-;/m0./s1. The summed E-state index contributed by atoms with van der Waals surface area (Å²) in [6, 6.07) is 4.62. The summed E-state index contributed by atoms with van der Waals surface area (Å²) in [5.74, 6) is 0.232. The van der Waals surface area contributed by atoms with Gasteiger partial charge >= 0.3 is 5.69 Å². The minimum atomic E-state index is -0.464. The lowest BCUT2D eigenvalue weighted by Gasteiger charge is -2.34. The Bertz CT molecular complexity index is 480. The molecule has 2 rings (SSSR count). The zero-order valence-electron chi connectivity index (χ0n) is 11.8. The third kappa shape index (κ3) is 4.04.